The maximum absolute atomic E-state index is 12.5. The van der Waals surface area contributed by atoms with Crippen LogP contribution >= 0.6 is 11.8 Å². The first kappa shape index (κ1) is 21.4. The molecule has 0 spiro atoms. The maximum atomic E-state index is 12.5. The first-order valence-electron chi connectivity index (χ1n) is 8.62. The van der Waals surface area contributed by atoms with Crippen LogP contribution in [-0.4, -0.2) is 29.5 Å². The number of hydrazone groups is 1. The van der Waals surface area contributed by atoms with Crippen molar-refractivity contribution >= 4 is 33.7 Å². The van der Waals surface area contributed by atoms with Gasteiger partial charge in [-0.05, 0) is 54.9 Å². The van der Waals surface area contributed by atoms with Crippen LogP contribution in [0.15, 0.2) is 74.9 Å². The largest absolute Gasteiger partial charge is 0.283 e. The Bertz CT molecular complexity index is 1210. The molecule has 154 valence electrons. The number of nitro benzene ring substituents is 1. The topological polar surface area (TPSA) is 127 Å². The van der Waals surface area contributed by atoms with Crippen LogP contribution in [0, 0.1) is 24.0 Å². The summed E-state index contributed by atoms with van der Waals surface area (Å²) in [4.78, 5) is 21.6. The molecule has 0 aliphatic carbocycles. The van der Waals surface area contributed by atoms with Crippen molar-refractivity contribution in [3.05, 3.63) is 81.7 Å². The van der Waals surface area contributed by atoms with Crippen LogP contribution in [0.5, 0.6) is 0 Å². The van der Waals surface area contributed by atoms with E-state index in [1.54, 1.807) is 56.6 Å². The van der Waals surface area contributed by atoms with E-state index in [4.69, 9.17) is 0 Å². The number of aromatic nitrogens is 2. The number of nitrogens with zero attached hydrogens (tertiary/aromatic N) is 4. The van der Waals surface area contributed by atoms with Crippen molar-refractivity contribution in [1.29, 1.82) is 0 Å². The minimum absolute atomic E-state index is 0.125. The molecule has 0 bridgehead atoms. The van der Waals surface area contributed by atoms with Crippen LogP contribution < -0.4 is 4.83 Å². The van der Waals surface area contributed by atoms with Crippen molar-refractivity contribution in [2.75, 3.05) is 0 Å². The SMILES string of the molecule is Cc1ccc(C)c(S(=O)(=O)N/N=C/c2ccc(Sc3ncccn3)c([N+](=O)[O-])c2)c1. The third-order valence-corrected chi connectivity index (χ3v) is 6.27. The number of hydrogen-bond donors (Lipinski definition) is 1. The van der Waals surface area contributed by atoms with Gasteiger partial charge in [-0.2, -0.15) is 13.5 Å². The monoisotopic (exact) mass is 443 g/mol. The molecule has 0 aliphatic heterocycles. The number of benzene rings is 2. The smallest absolute Gasteiger partial charge is 0.258 e. The van der Waals surface area contributed by atoms with E-state index in [0.717, 1.165) is 17.3 Å². The lowest BCUT2D eigenvalue weighted by molar-refractivity contribution is -0.387. The first-order chi connectivity index (χ1) is 14.3. The zero-order chi connectivity index (χ0) is 21.7. The standard InChI is InChI=1S/C19H17N5O4S2/c1-13-4-5-14(2)18(10-13)30(27,28)23-22-12-15-6-7-17(16(11-15)24(25)26)29-19-20-8-3-9-21-19/h3-12,23H,1-2H3/b22-12+. The number of hydrogen-bond acceptors (Lipinski definition) is 8. The second kappa shape index (κ2) is 9.01. The van der Waals surface area contributed by atoms with Gasteiger partial charge in [0, 0.05) is 24.0 Å². The Labute approximate surface area is 177 Å². The predicted molar refractivity (Wildman–Crippen MR) is 113 cm³/mol. The molecule has 0 fully saturated rings. The zero-order valence-corrected chi connectivity index (χ0v) is 17.6. The molecule has 9 nitrogen and oxygen atoms in total. The van der Waals surface area contributed by atoms with Crippen LogP contribution in [0.2, 0.25) is 0 Å². The summed E-state index contributed by atoms with van der Waals surface area (Å²) in [6, 6.07) is 11.2. The molecule has 1 heterocycles. The lowest BCUT2D eigenvalue weighted by Crippen LogP contribution is -2.19. The van der Waals surface area contributed by atoms with Gasteiger partial charge in [0.05, 0.1) is 20.9 Å². The fraction of sp³-hybridized carbons (Fsp3) is 0.105. The molecule has 0 amide bonds. The number of nitro groups is 1. The molecule has 1 N–H and O–H groups in total. The van der Waals surface area contributed by atoms with Crippen molar-refractivity contribution in [3.8, 4) is 0 Å². The summed E-state index contributed by atoms with van der Waals surface area (Å²) in [5.41, 5.74) is 1.59. The molecule has 0 atom stereocenters. The molecule has 2 aromatic carbocycles. The maximum Gasteiger partial charge on any atom is 0.283 e. The van der Waals surface area contributed by atoms with Gasteiger partial charge in [-0.3, -0.25) is 10.1 Å². The third-order valence-electron chi connectivity index (χ3n) is 3.94. The lowest BCUT2D eigenvalue weighted by Gasteiger charge is -2.07. The van der Waals surface area contributed by atoms with E-state index in [2.05, 4.69) is 19.9 Å². The van der Waals surface area contributed by atoms with E-state index in [-0.39, 0.29) is 10.6 Å². The molecule has 3 rings (SSSR count). The lowest BCUT2D eigenvalue weighted by atomic mass is 10.2. The molecule has 30 heavy (non-hydrogen) atoms. The minimum atomic E-state index is -3.86. The second-order valence-corrected chi connectivity index (χ2v) is 8.88. The molecule has 3 aromatic rings. The summed E-state index contributed by atoms with van der Waals surface area (Å²) < 4.78 is 25.0. The van der Waals surface area contributed by atoms with Crippen LogP contribution in [0.4, 0.5) is 5.69 Å². The highest BCUT2D eigenvalue weighted by Crippen LogP contribution is 2.33. The Morgan fingerprint density at radius 3 is 2.57 bits per heavy atom. The highest BCUT2D eigenvalue weighted by atomic mass is 32.2. The molecular formula is C19H17N5O4S2. The zero-order valence-electron chi connectivity index (χ0n) is 16.0. The van der Waals surface area contributed by atoms with E-state index >= 15 is 0 Å². The molecule has 0 radical (unpaired) electrons. The molecule has 11 heteroatoms. The molecular weight excluding hydrogens is 426 g/mol. The van der Waals surface area contributed by atoms with Gasteiger partial charge >= 0.3 is 0 Å². The average Bonchev–Trinajstić information content (AvgIpc) is 2.71. The van der Waals surface area contributed by atoms with E-state index in [9.17, 15) is 18.5 Å². The van der Waals surface area contributed by atoms with Crippen molar-refractivity contribution in [3.63, 3.8) is 0 Å². The summed E-state index contributed by atoms with van der Waals surface area (Å²) in [5, 5.41) is 15.6. The van der Waals surface area contributed by atoms with E-state index < -0.39 is 14.9 Å². The number of rotatable bonds is 7. The van der Waals surface area contributed by atoms with Gasteiger partial charge in [0.25, 0.3) is 15.7 Å². The van der Waals surface area contributed by atoms with Gasteiger partial charge in [0.1, 0.15) is 0 Å². The summed E-state index contributed by atoms with van der Waals surface area (Å²) in [6.45, 7) is 3.48. The Morgan fingerprint density at radius 1 is 1.13 bits per heavy atom. The van der Waals surface area contributed by atoms with Gasteiger partial charge in [0.15, 0.2) is 5.16 Å². The first-order valence-corrected chi connectivity index (χ1v) is 10.9. The van der Waals surface area contributed by atoms with Crippen molar-refractivity contribution in [1.82, 2.24) is 14.8 Å². The molecule has 0 unspecified atom stereocenters. The summed E-state index contributed by atoms with van der Waals surface area (Å²) in [6.07, 6.45) is 4.30. The molecule has 0 saturated carbocycles. The van der Waals surface area contributed by atoms with Gasteiger partial charge in [-0.25, -0.2) is 14.8 Å². The van der Waals surface area contributed by atoms with Gasteiger partial charge in [-0.15, -0.1) is 0 Å². The van der Waals surface area contributed by atoms with Gasteiger partial charge in [-0.1, -0.05) is 18.2 Å². The normalized spacial score (nSPS) is 11.5. The minimum Gasteiger partial charge on any atom is -0.258 e. The van der Waals surface area contributed by atoms with Crippen LogP contribution in [0.3, 0.4) is 0 Å². The molecule has 0 saturated heterocycles. The Kier molecular flexibility index (Phi) is 6.43. The van der Waals surface area contributed by atoms with Crippen LogP contribution in [0.1, 0.15) is 16.7 Å². The summed E-state index contributed by atoms with van der Waals surface area (Å²) in [7, 11) is -3.86. The van der Waals surface area contributed by atoms with E-state index in [1.165, 1.54) is 12.3 Å². The fourth-order valence-electron chi connectivity index (χ4n) is 2.50. The molecule has 0 aliphatic rings. The van der Waals surface area contributed by atoms with Crippen LogP contribution in [-0.2, 0) is 10.0 Å². The van der Waals surface area contributed by atoms with Gasteiger partial charge in [0.2, 0.25) is 0 Å². The Hall–Kier alpha value is -3.31. The number of nitrogens with one attached hydrogen (secondary N) is 1. The quantitative estimate of drug-likeness (QED) is 0.256. The highest BCUT2D eigenvalue weighted by Gasteiger charge is 2.18. The fourth-order valence-corrected chi connectivity index (χ4v) is 4.42. The van der Waals surface area contributed by atoms with Crippen molar-refractivity contribution in [2.24, 2.45) is 5.10 Å². The third kappa shape index (κ3) is 5.19. The predicted octanol–water partition coefficient (Wildman–Crippen LogP) is 3.47. The Balaban J connectivity index is 1.81. The van der Waals surface area contributed by atoms with Crippen molar-refractivity contribution < 1.29 is 13.3 Å². The summed E-state index contributed by atoms with van der Waals surface area (Å²) >= 11 is 1.06. The van der Waals surface area contributed by atoms with Gasteiger partial charge < -0.3 is 0 Å². The average molecular weight is 444 g/mol. The number of aryl methyl sites for hydroxylation is 2. The number of sulfonamides is 1. The van der Waals surface area contributed by atoms with Crippen LogP contribution in [0.25, 0.3) is 0 Å². The van der Waals surface area contributed by atoms with E-state index in [1.807, 2.05) is 6.07 Å². The molecule has 1 aromatic heterocycles. The van der Waals surface area contributed by atoms with E-state index in [0.29, 0.717) is 21.2 Å². The van der Waals surface area contributed by atoms with Crippen molar-refractivity contribution in [2.45, 2.75) is 28.8 Å². The highest BCUT2D eigenvalue weighted by molar-refractivity contribution is 7.99. The summed E-state index contributed by atoms with van der Waals surface area (Å²) in [5.74, 6) is 0. The Morgan fingerprint density at radius 2 is 1.87 bits per heavy atom. The second-order valence-electron chi connectivity index (χ2n) is 6.24.